The van der Waals surface area contributed by atoms with E-state index in [1.165, 1.54) is 0 Å². The predicted octanol–water partition coefficient (Wildman–Crippen LogP) is 0.817. The maximum absolute atomic E-state index is 11.4. The lowest BCUT2D eigenvalue weighted by Crippen LogP contribution is -2.14. The molecule has 0 unspecified atom stereocenters. The van der Waals surface area contributed by atoms with Crippen LogP contribution in [0.15, 0.2) is 18.3 Å². The van der Waals surface area contributed by atoms with Crippen molar-refractivity contribution in [1.29, 1.82) is 0 Å². The monoisotopic (exact) mass is 252 g/mol. The van der Waals surface area contributed by atoms with Crippen LogP contribution in [0.3, 0.4) is 0 Å². The van der Waals surface area contributed by atoms with Gasteiger partial charge in [-0.15, -0.1) is 0 Å². The molecule has 1 amide bonds. The Bertz CT molecular complexity index is 354. The van der Waals surface area contributed by atoms with E-state index in [0.717, 1.165) is 12.2 Å². The molecule has 0 saturated heterocycles. The van der Waals surface area contributed by atoms with Crippen molar-refractivity contribution in [1.82, 2.24) is 4.98 Å². The molecule has 0 saturated carbocycles. The molecule has 1 aromatic heterocycles. The highest BCUT2D eigenvalue weighted by Gasteiger charge is 2.02. The summed E-state index contributed by atoms with van der Waals surface area (Å²) in [5.74, 6) is 0.488. The van der Waals surface area contributed by atoms with Crippen molar-refractivity contribution >= 4 is 17.4 Å². The third-order valence-corrected chi connectivity index (χ3v) is 2.27. The van der Waals surface area contributed by atoms with Crippen LogP contribution in [0.25, 0.3) is 0 Å². The second-order valence-electron chi connectivity index (χ2n) is 3.79. The van der Waals surface area contributed by atoms with Crippen molar-refractivity contribution in [2.24, 2.45) is 5.73 Å². The number of hydrogen-bond acceptors (Lipinski definition) is 5. The number of nitrogens with two attached hydrogens (primary N) is 1. The van der Waals surface area contributed by atoms with Crippen molar-refractivity contribution in [3.05, 3.63) is 18.3 Å². The summed E-state index contributed by atoms with van der Waals surface area (Å²) in [5.41, 5.74) is 6.23. The molecule has 6 heteroatoms. The standard InChI is InChI=1S/C12H20N4O2/c1-18-8-7-14-10-4-5-11(15-9-10)16-12(17)3-2-6-13/h4-5,9,14H,2-3,6-8,13H2,1H3,(H,15,16,17). The van der Waals surface area contributed by atoms with Crippen LogP contribution in [-0.2, 0) is 9.53 Å². The first-order valence-corrected chi connectivity index (χ1v) is 5.95. The average molecular weight is 252 g/mol. The number of methoxy groups -OCH3 is 1. The van der Waals surface area contributed by atoms with E-state index in [0.29, 0.717) is 31.8 Å². The van der Waals surface area contributed by atoms with Crippen molar-refractivity contribution in [2.45, 2.75) is 12.8 Å². The lowest BCUT2D eigenvalue weighted by atomic mass is 10.3. The Balaban J connectivity index is 2.37. The number of nitrogens with one attached hydrogen (secondary N) is 2. The van der Waals surface area contributed by atoms with Crippen LogP contribution in [0.1, 0.15) is 12.8 Å². The molecular formula is C12H20N4O2. The van der Waals surface area contributed by atoms with Crippen LogP contribution >= 0.6 is 0 Å². The Morgan fingerprint density at radius 1 is 1.50 bits per heavy atom. The molecule has 4 N–H and O–H groups in total. The van der Waals surface area contributed by atoms with Gasteiger partial charge in [-0.2, -0.15) is 0 Å². The van der Waals surface area contributed by atoms with E-state index in [2.05, 4.69) is 15.6 Å². The smallest absolute Gasteiger partial charge is 0.225 e. The van der Waals surface area contributed by atoms with Gasteiger partial charge in [-0.05, 0) is 25.1 Å². The molecule has 0 atom stereocenters. The SMILES string of the molecule is COCCNc1ccc(NC(=O)CCCN)nc1. The van der Waals surface area contributed by atoms with Gasteiger partial charge in [-0.3, -0.25) is 4.79 Å². The number of aromatic nitrogens is 1. The number of carbonyl (C=O) groups is 1. The fourth-order valence-corrected chi connectivity index (χ4v) is 1.34. The first kappa shape index (κ1) is 14.4. The zero-order chi connectivity index (χ0) is 13.2. The molecule has 0 aliphatic carbocycles. The van der Waals surface area contributed by atoms with Gasteiger partial charge in [-0.25, -0.2) is 4.98 Å². The highest BCUT2D eigenvalue weighted by molar-refractivity contribution is 5.89. The van der Waals surface area contributed by atoms with E-state index >= 15 is 0 Å². The zero-order valence-corrected chi connectivity index (χ0v) is 10.6. The normalized spacial score (nSPS) is 10.1. The Morgan fingerprint density at radius 2 is 2.33 bits per heavy atom. The van der Waals surface area contributed by atoms with Gasteiger partial charge in [0.05, 0.1) is 18.5 Å². The minimum absolute atomic E-state index is 0.0620. The molecule has 0 radical (unpaired) electrons. The number of pyridine rings is 1. The molecule has 1 heterocycles. The van der Waals surface area contributed by atoms with Crippen molar-refractivity contribution in [2.75, 3.05) is 37.4 Å². The summed E-state index contributed by atoms with van der Waals surface area (Å²) in [7, 11) is 1.65. The highest BCUT2D eigenvalue weighted by atomic mass is 16.5. The average Bonchev–Trinajstić information content (AvgIpc) is 2.39. The maximum Gasteiger partial charge on any atom is 0.225 e. The minimum atomic E-state index is -0.0620. The highest BCUT2D eigenvalue weighted by Crippen LogP contribution is 2.09. The second kappa shape index (κ2) is 8.43. The van der Waals surface area contributed by atoms with E-state index in [9.17, 15) is 4.79 Å². The number of carbonyl (C=O) groups excluding carboxylic acids is 1. The maximum atomic E-state index is 11.4. The first-order chi connectivity index (χ1) is 8.76. The molecule has 1 aromatic rings. The quantitative estimate of drug-likeness (QED) is 0.596. The van der Waals surface area contributed by atoms with Crippen LogP contribution in [-0.4, -0.2) is 37.7 Å². The molecule has 0 fully saturated rings. The molecule has 0 aromatic carbocycles. The number of rotatable bonds is 8. The summed E-state index contributed by atoms with van der Waals surface area (Å²) in [5, 5.41) is 5.86. The molecule has 6 nitrogen and oxygen atoms in total. The fourth-order valence-electron chi connectivity index (χ4n) is 1.34. The van der Waals surface area contributed by atoms with Crippen molar-refractivity contribution < 1.29 is 9.53 Å². The van der Waals surface area contributed by atoms with Gasteiger partial charge in [0.2, 0.25) is 5.91 Å². The molecule has 0 aliphatic heterocycles. The summed E-state index contributed by atoms with van der Waals surface area (Å²) in [6.07, 6.45) is 2.78. The van der Waals surface area contributed by atoms with Gasteiger partial charge in [-0.1, -0.05) is 0 Å². The summed E-state index contributed by atoms with van der Waals surface area (Å²) in [6, 6.07) is 3.62. The van der Waals surface area contributed by atoms with Crippen LogP contribution in [0, 0.1) is 0 Å². The lowest BCUT2D eigenvalue weighted by Gasteiger charge is -2.07. The largest absolute Gasteiger partial charge is 0.383 e. The Morgan fingerprint density at radius 3 is 2.94 bits per heavy atom. The molecule has 0 spiro atoms. The van der Waals surface area contributed by atoms with E-state index in [4.69, 9.17) is 10.5 Å². The molecular weight excluding hydrogens is 232 g/mol. The minimum Gasteiger partial charge on any atom is -0.383 e. The zero-order valence-electron chi connectivity index (χ0n) is 10.6. The Kier molecular flexibility index (Phi) is 6.75. The summed E-state index contributed by atoms with van der Waals surface area (Å²) >= 11 is 0. The summed E-state index contributed by atoms with van der Waals surface area (Å²) < 4.78 is 4.93. The van der Waals surface area contributed by atoms with Crippen LogP contribution in [0.4, 0.5) is 11.5 Å². The molecule has 100 valence electrons. The van der Waals surface area contributed by atoms with E-state index < -0.39 is 0 Å². The molecule has 0 aliphatic rings. The third-order valence-electron chi connectivity index (χ3n) is 2.27. The predicted molar refractivity (Wildman–Crippen MR) is 71.5 cm³/mol. The van der Waals surface area contributed by atoms with Gasteiger partial charge in [0.1, 0.15) is 5.82 Å². The van der Waals surface area contributed by atoms with Crippen LogP contribution in [0.2, 0.25) is 0 Å². The third kappa shape index (κ3) is 5.60. The van der Waals surface area contributed by atoms with Crippen LogP contribution < -0.4 is 16.4 Å². The van der Waals surface area contributed by atoms with Crippen molar-refractivity contribution in [3.8, 4) is 0 Å². The number of hydrogen-bond donors (Lipinski definition) is 3. The van der Waals surface area contributed by atoms with E-state index in [-0.39, 0.29) is 5.91 Å². The summed E-state index contributed by atoms with van der Waals surface area (Å²) in [6.45, 7) is 1.88. The number of amides is 1. The van der Waals surface area contributed by atoms with Gasteiger partial charge >= 0.3 is 0 Å². The molecule has 0 bridgehead atoms. The molecule has 18 heavy (non-hydrogen) atoms. The Hall–Kier alpha value is -1.66. The fraction of sp³-hybridized carbons (Fsp3) is 0.500. The van der Waals surface area contributed by atoms with Gasteiger partial charge in [0.15, 0.2) is 0 Å². The van der Waals surface area contributed by atoms with E-state index in [1.54, 1.807) is 19.4 Å². The van der Waals surface area contributed by atoms with Gasteiger partial charge in [0.25, 0.3) is 0 Å². The Labute approximate surface area is 107 Å². The number of anilines is 2. The molecule has 1 rings (SSSR count). The topological polar surface area (TPSA) is 89.3 Å². The second-order valence-corrected chi connectivity index (χ2v) is 3.79. The van der Waals surface area contributed by atoms with Crippen LogP contribution in [0.5, 0.6) is 0 Å². The number of nitrogens with zero attached hydrogens (tertiary/aromatic N) is 1. The first-order valence-electron chi connectivity index (χ1n) is 5.95. The van der Waals surface area contributed by atoms with Crippen molar-refractivity contribution in [3.63, 3.8) is 0 Å². The number of ether oxygens (including phenoxy) is 1. The summed E-state index contributed by atoms with van der Waals surface area (Å²) in [4.78, 5) is 15.6. The lowest BCUT2D eigenvalue weighted by molar-refractivity contribution is -0.116. The van der Waals surface area contributed by atoms with E-state index in [1.807, 2.05) is 6.07 Å². The van der Waals surface area contributed by atoms with Gasteiger partial charge in [0, 0.05) is 20.1 Å². The van der Waals surface area contributed by atoms with Gasteiger partial charge < -0.3 is 21.1 Å².